The number of hydrogen-bond donors (Lipinski definition) is 1. The molecule has 0 atom stereocenters. The van der Waals surface area contributed by atoms with Crippen molar-refractivity contribution in [2.24, 2.45) is 0 Å². The lowest BCUT2D eigenvalue weighted by molar-refractivity contribution is -0.121. The molecule has 0 unspecified atom stereocenters. The van der Waals surface area contributed by atoms with Crippen molar-refractivity contribution in [3.8, 4) is 0 Å². The van der Waals surface area contributed by atoms with Gasteiger partial charge in [0.15, 0.2) is 5.78 Å². The molecule has 0 bridgehead atoms. The number of likely N-dealkylation sites (tertiary alicyclic amines) is 1. The number of hydrogen-bond acceptors (Lipinski definition) is 2. The maximum atomic E-state index is 11.9. The zero-order chi connectivity index (χ0) is 12.3. The number of benzene rings is 1. The van der Waals surface area contributed by atoms with Crippen LogP contribution >= 0.6 is 0 Å². The first kappa shape index (κ1) is 11.6. The summed E-state index contributed by atoms with van der Waals surface area (Å²) < 4.78 is 0. The van der Waals surface area contributed by atoms with Gasteiger partial charge in [-0.1, -0.05) is 17.7 Å². The van der Waals surface area contributed by atoms with Crippen molar-refractivity contribution in [2.75, 3.05) is 18.4 Å². The first-order chi connectivity index (χ1) is 8.15. The Labute approximate surface area is 101 Å². The molecule has 0 radical (unpaired) electrons. The quantitative estimate of drug-likeness (QED) is 0.806. The minimum absolute atomic E-state index is 0.135. The molecule has 1 heterocycles. The molecule has 1 aromatic carbocycles. The van der Waals surface area contributed by atoms with E-state index in [9.17, 15) is 9.59 Å². The van der Waals surface area contributed by atoms with Crippen LogP contribution in [0.4, 0.5) is 10.5 Å². The van der Waals surface area contributed by atoms with E-state index in [2.05, 4.69) is 5.32 Å². The van der Waals surface area contributed by atoms with E-state index in [1.165, 1.54) is 0 Å². The van der Waals surface area contributed by atoms with Gasteiger partial charge >= 0.3 is 6.03 Å². The normalized spacial score (nSPS) is 15.8. The van der Waals surface area contributed by atoms with Gasteiger partial charge in [0.25, 0.3) is 0 Å². The Hall–Kier alpha value is -1.84. The highest BCUT2D eigenvalue weighted by atomic mass is 16.2. The highest BCUT2D eigenvalue weighted by molar-refractivity contribution is 5.93. The smallest absolute Gasteiger partial charge is 0.317 e. The Bertz CT molecular complexity index is 426. The molecule has 90 valence electrons. The minimum atomic E-state index is -0.193. The number of carbonyl (C=O) groups excluding carboxylic acids is 2. The predicted molar refractivity (Wildman–Crippen MR) is 66.0 cm³/mol. The number of aryl methyl sites for hydroxylation is 1. The highest BCUT2D eigenvalue weighted by Gasteiger charge is 2.21. The molecule has 1 aromatic rings. The zero-order valence-corrected chi connectivity index (χ0v) is 9.90. The predicted octanol–water partition coefficient (Wildman–Crippen LogP) is 2.19. The Morgan fingerprint density at radius 3 is 2.65 bits per heavy atom. The largest absolute Gasteiger partial charge is 0.322 e. The van der Waals surface area contributed by atoms with Gasteiger partial charge < -0.3 is 10.2 Å². The lowest BCUT2D eigenvalue weighted by Crippen LogP contribution is -2.42. The van der Waals surface area contributed by atoms with E-state index in [1.807, 2.05) is 31.2 Å². The summed E-state index contributed by atoms with van der Waals surface area (Å²) in [6.45, 7) is 2.88. The second-order valence-electron chi connectivity index (χ2n) is 4.36. The van der Waals surface area contributed by atoms with E-state index < -0.39 is 0 Å². The van der Waals surface area contributed by atoms with Crippen LogP contribution in [0, 0.1) is 6.92 Å². The summed E-state index contributed by atoms with van der Waals surface area (Å²) >= 11 is 0. The standard InChI is InChI=1S/C13H16N2O2/c1-10-4-6-11(7-5-10)14-13(17)15-8-2-3-12(16)9-15/h4-7H,2-3,8-9H2,1H3,(H,14,17). The molecule has 1 saturated heterocycles. The van der Waals surface area contributed by atoms with E-state index in [-0.39, 0.29) is 18.4 Å². The fourth-order valence-electron chi connectivity index (χ4n) is 1.85. The third-order valence-electron chi connectivity index (χ3n) is 2.84. The zero-order valence-electron chi connectivity index (χ0n) is 9.90. The van der Waals surface area contributed by atoms with Crippen molar-refractivity contribution in [1.82, 2.24) is 4.90 Å². The van der Waals surface area contributed by atoms with Crippen LogP contribution in [-0.2, 0) is 4.79 Å². The van der Waals surface area contributed by atoms with Gasteiger partial charge in [0, 0.05) is 18.7 Å². The summed E-state index contributed by atoms with van der Waals surface area (Å²) in [7, 11) is 0. The number of amides is 2. The van der Waals surface area contributed by atoms with Crippen LogP contribution in [0.25, 0.3) is 0 Å². The summed E-state index contributed by atoms with van der Waals surface area (Å²) in [6.07, 6.45) is 1.36. The van der Waals surface area contributed by atoms with E-state index in [4.69, 9.17) is 0 Å². The van der Waals surface area contributed by atoms with Gasteiger partial charge in [0.05, 0.1) is 6.54 Å². The summed E-state index contributed by atoms with van der Waals surface area (Å²) in [5.41, 5.74) is 1.91. The first-order valence-electron chi connectivity index (χ1n) is 5.79. The van der Waals surface area contributed by atoms with Crippen molar-refractivity contribution in [2.45, 2.75) is 19.8 Å². The van der Waals surface area contributed by atoms with Crippen molar-refractivity contribution in [3.63, 3.8) is 0 Å². The second-order valence-corrected chi connectivity index (χ2v) is 4.36. The molecule has 1 aliphatic rings. The van der Waals surface area contributed by atoms with Crippen LogP contribution in [0.3, 0.4) is 0 Å². The van der Waals surface area contributed by atoms with Gasteiger partial charge in [-0.25, -0.2) is 4.79 Å². The van der Waals surface area contributed by atoms with Crippen molar-refractivity contribution in [3.05, 3.63) is 29.8 Å². The van der Waals surface area contributed by atoms with Gasteiger partial charge in [0.1, 0.15) is 0 Å². The number of ketones is 1. The molecule has 2 rings (SSSR count). The maximum Gasteiger partial charge on any atom is 0.322 e. The lowest BCUT2D eigenvalue weighted by Gasteiger charge is -2.25. The SMILES string of the molecule is Cc1ccc(NC(=O)N2CCCC(=O)C2)cc1. The van der Waals surface area contributed by atoms with Crippen molar-refractivity contribution in [1.29, 1.82) is 0 Å². The van der Waals surface area contributed by atoms with E-state index in [0.717, 1.165) is 17.7 Å². The summed E-state index contributed by atoms with van der Waals surface area (Å²) in [5.74, 6) is 0.135. The fraction of sp³-hybridized carbons (Fsp3) is 0.385. The highest BCUT2D eigenvalue weighted by Crippen LogP contribution is 2.12. The van der Waals surface area contributed by atoms with Gasteiger partial charge in [0.2, 0.25) is 0 Å². The maximum absolute atomic E-state index is 11.9. The average Bonchev–Trinajstić information content (AvgIpc) is 2.32. The molecule has 17 heavy (non-hydrogen) atoms. The van der Waals surface area contributed by atoms with Crippen LogP contribution < -0.4 is 5.32 Å². The fourth-order valence-corrected chi connectivity index (χ4v) is 1.85. The first-order valence-corrected chi connectivity index (χ1v) is 5.79. The Morgan fingerprint density at radius 2 is 2.00 bits per heavy atom. The molecular weight excluding hydrogens is 216 g/mol. The molecule has 1 N–H and O–H groups in total. The van der Waals surface area contributed by atoms with Gasteiger partial charge in [-0.15, -0.1) is 0 Å². The van der Waals surface area contributed by atoms with Gasteiger partial charge in [-0.05, 0) is 25.5 Å². The third kappa shape index (κ3) is 3.06. The summed E-state index contributed by atoms with van der Waals surface area (Å²) in [4.78, 5) is 24.7. The molecule has 4 nitrogen and oxygen atoms in total. The third-order valence-corrected chi connectivity index (χ3v) is 2.84. The van der Waals surface area contributed by atoms with Gasteiger partial charge in [-0.2, -0.15) is 0 Å². The van der Waals surface area contributed by atoms with Gasteiger partial charge in [-0.3, -0.25) is 4.79 Å². The molecule has 0 saturated carbocycles. The monoisotopic (exact) mass is 232 g/mol. The number of rotatable bonds is 1. The summed E-state index contributed by atoms with van der Waals surface area (Å²) in [6, 6.07) is 7.41. The number of piperidine rings is 1. The molecular formula is C13H16N2O2. The number of carbonyl (C=O) groups is 2. The van der Waals surface area contributed by atoms with Crippen LogP contribution in [0.2, 0.25) is 0 Å². The molecule has 1 aliphatic heterocycles. The van der Waals surface area contributed by atoms with Crippen LogP contribution in [0.5, 0.6) is 0 Å². The average molecular weight is 232 g/mol. The lowest BCUT2D eigenvalue weighted by atomic mass is 10.1. The molecule has 0 aliphatic carbocycles. The molecule has 4 heteroatoms. The second kappa shape index (κ2) is 4.99. The minimum Gasteiger partial charge on any atom is -0.317 e. The number of anilines is 1. The molecule has 2 amide bonds. The number of nitrogens with zero attached hydrogens (tertiary/aromatic N) is 1. The molecule has 1 fully saturated rings. The number of urea groups is 1. The van der Waals surface area contributed by atoms with Crippen LogP contribution in [0.15, 0.2) is 24.3 Å². The summed E-state index contributed by atoms with van der Waals surface area (Å²) in [5, 5.41) is 2.79. The van der Waals surface area contributed by atoms with Crippen LogP contribution in [0.1, 0.15) is 18.4 Å². The van der Waals surface area contributed by atoms with E-state index in [0.29, 0.717) is 13.0 Å². The Kier molecular flexibility index (Phi) is 3.42. The van der Waals surface area contributed by atoms with Crippen molar-refractivity contribution >= 4 is 17.5 Å². The molecule has 0 aromatic heterocycles. The Balaban J connectivity index is 1.96. The Morgan fingerprint density at radius 1 is 1.29 bits per heavy atom. The van der Waals surface area contributed by atoms with E-state index in [1.54, 1.807) is 4.90 Å². The van der Waals surface area contributed by atoms with Crippen molar-refractivity contribution < 1.29 is 9.59 Å². The number of nitrogens with one attached hydrogen (secondary N) is 1. The van der Waals surface area contributed by atoms with E-state index >= 15 is 0 Å². The number of Topliss-reactive ketones (excluding diaryl/α,β-unsaturated/α-hetero) is 1. The van der Waals surface area contributed by atoms with Crippen LogP contribution in [-0.4, -0.2) is 29.8 Å². The topological polar surface area (TPSA) is 49.4 Å². The molecule has 0 spiro atoms.